The van der Waals surface area contributed by atoms with Crippen LogP contribution in [0.15, 0.2) is 23.1 Å². The van der Waals surface area contributed by atoms with Crippen LogP contribution in [0.1, 0.15) is 12.5 Å². The molecule has 0 radical (unpaired) electrons. The zero-order valence-electron chi connectivity index (χ0n) is 11.4. The van der Waals surface area contributed by atoms with Crippen LogP contribution in [-0.2, 0) is 16.6 Å². The minimum absolute atomic E-state index is 0.185. The van der Waals surface area contributed by atoms with Gasteiger partial charge in [-0.2, -0.15) is 4.31 Å². The first-order valence-corrected chi connectivity index (χ1v) is 8.42. The van der Waals surface area contributed by atoms with Crippen LogP contribution in [0.25, 0.3) is 0 Å². The zero-order chi connectivity index (χ0) is 14.8. The monoisotopic (exact) mass is 318 g/mol. The number of likely N-dealkylation sites (N-methyl/N-ethyl adjacent to an activating group) is 1. The lowest BCUT2D eigenvalue weighted by Crippen LogP contribution is -2.48. The first-order valence-electron chi connectivity index (χ1n) is 6.61. The van der Waals surface area contributed by atoms with E-state index in [0.717, 1.165) is 19.6 Å². The largest absolute Gasteiger partial charge is 0.392 e. The summed E-state index contributed by atoms with van der Waals surface area (Å²) >= 11 is 5.97. The predicted octanol–water partition coefficient (Wildman–Crippen LogP) is 1.16. The normalized spacial score (nSPS) is 18.4. The fraction of sp³-hybridized carbons (Fsp3) is 0.538. The van der Waals surface area contributed by atoms with Gasteiger partial charge in [0.15, 0.2) is 0 Å². The van der Waals surface area contributed by atoms with E-state index in [2.05, 4.69) is 11.8 Å². The van der Waals surface area contributed by atoms with Gasteiger partial charge in [-0.3, -0.25) is 0 Å². The highest BCUT2D eigenvalue weighted by Crippen LogP contribution is 2.24. The van der Waals surface area contributed by atoms with Crippen molar-refractivity contribution in [1.82, 2.24) is 9.21 Å². The number of hydrogen-bond acceptors (Lipinski definition) is 4. The third-order valence-corrected chi connectivity index (χ3v) is 5.86. The van der Waals surface area contributed by atoms with Gasteiger partial charge in [-0.1, -0.05) is 24.6 Å². The number of halogens is 1. The average Bonchev–Trinajstić information content (AvgIpc) is 2.47. The van der Waals surface area contributed by atoms with E-state index in [1.165, 1.54) is 16.4 Å². The van der Waals surface area contributed by atoms with Gasteiger partial charge in [0.05, 0.1) is 11.5 Å². The van der Waals surface area contributed by atoms with E-state index in [1.807, 2.05) is 0 Å². The molecule has 1 fully saturated rings. The Balaban J connectivity index is 2.20. The van der Waals surface area contributed by atoms with E-state index in [4.69, 9.17) is 16.7 Å². The summed E-state index contributed by atoms with van der Waals surface area (Å²) in [5.41, 5.74) is 0.529. The number of sulfonamides is 1. The van der Waals surface area contributed by atoms with Crippen molar-refractivity contribution in [1.29, 1.82) is 0 Å². The lowest BCUT2D eigenvalue weighted by molar-refractivity contribution is 0.196. The van der Waals surface area contributed by atoms with E-state index >= 15 is 0 Å². The van der Waals surface area contributed by atoms with Crippen LogP contribution >= 0.6 is 11.6 Å². The van der Waals surface area contributed by atoms with Crippen LogP contribution in [0.3, 0.4) is 0 Å². The summed E-state index contributed by atoms with van der Waals surface area (Å²) in [5.74, 6) is 0. The summed E-state index contributed by atoms with van der Waals surface area (Å²) in [5, 5.41) is 9.35. The smallest absolute Gasteiger partial charge is 0.243 e. The molecule has 0 aliphatic carbocycles. The van der Waals surface area contributed by atoms with E-state index in [0.29, 0.717) is 18.7 Å². The second-order valence-corrected chi connectivity index (χ2v) is 7.09. The van der Waals surface area contributed by atoms with E-state index < -0.39 is 10.0 Å². The molecule has 1 aliphatic heterocycles. The summed E-state index contributed by atoms with van der Waals surface area (Å²) in [6, 6.07) is 4.46. The van der Waals surface area contributed by atoms with Crippen LogP contribution in [0.5, 0.6) is 0 Å². The minimum atomic E-state index is -3.50. The molecule has 112 valence electrons. The summed E-state index contributed by atoms with van der Waals surface area (Å²) in [7, 11) is -3.50. The Bertz CT molecular complexity index is 569. The Morgan fingerprint density at radius 1 is 1.25 bits per heavy atom. The molecule has 1 N–H and O–H groups in total. The number of nitrogens with zero attached hydrogens (tertiary/aromatic N) is 2. The zero-order valence-corrected chi connectivity index (χ0v) is 13.0. The molecule has 2 rings (SSSR count). The van der Waals surface area contributed by atoms with Gasteiger partial charge < -0.3 is 10.0 Å². The van der Waals surface area contributed by atoms with E-state index in [-0.39, 0.29) is 16.5 Å². The molecule has 1 aromatic rings. The van der Waals surface area contributed by atoms with Gasteiger partial charge in [0.1, 0.15) is 0 Å². The van der Waals surface area contributed by atoms with Crippen molar-refractivity contribution in [2.45, 2.75) is 18.4 Å². The van der Waals surface area contributed by atoms with Crippen LogP contribution < -0.4 is 0 Å². The third-order valence-electron chi connectivity index (χ3n) is 3.61. The number of hydrogen-bond donors (Lipinski definition) is 1. The van der Waals surface area contributed by atoms with Gasteiger partial charge >= 0.3 is 0 Å². The number of aliphatic hydroxyl groups excluding tert-OH is 1. The maximum absolute atomic E-state index is 12.5. The van der Waals surface area contributed by atoms with Gasteiger partial charge in [-0.15, -0.1) is 0 Å². The number of piperazine rings is 1. The van der Waals surface area contributed by atoms with Crippen LogP contribution in [0.4, 0.5) is 0 Å². The highest BCUT2D eigenvalue weighted by atomic mass is 35.5. The van der Waals surface area contributed by atoms with E-state index in [9.17, 15) is 8.42 Å². The lowest BCUT2D eigenvalue weighted by Gasteiger charge is -2.33. The minimum Gasteiger partial charge on any atom is -0.392 e. The fourth-order valence-electron chi connectivity index (χ4n) is 2.25. The molecule has 1 aromatic carbocycles. The van der Waals surface area contributed by atoms with Gasteiger partial charge in [0, 0.05) is 31.2 Å². The standard InChI is InChI=1S/C13H19ClN2O3S/c1-2-15-5-7-16(8-6-15)20(18,19)12-4-3-11(10-17)13(14)9-12/h3-4,9,17H,2,5-8,10H2,1H3. The van der Waals surface area contributed by atoms with Crippen molar-refractivity contribution in [3.8, 4) is 0 Å². The van der Waals surface area contributed by atoms with Crippen LogP contribution in [0, 0.1) is 0 Å². The molecule has 0 amide bonds. The molecule has 0 saturated carbocycles. The van der Waals surface area contributed by atoms with Crippen LogP contribution in [0.2, 0.25) is 5.02 Å². The quantitative estimate of drug-likeness (QED) is 0.905. The predicted molar refractivity (Wildman–Crippen MR) is 78.2 cm³/mol. The van der Waals surface area contributed by atoms with Gasteiger partial charge in [0.25, 0.3) is 0 Å². The SMILES string of the molecule is CCN1CCN(S(=O)(=O)c2ccc(CO)c(Cl)c2)CC1. The molecule has 1 heterocycles. The third kappa shape index (κ3) is 3.15. The Morgan fingerprint density at radius 2 is 1.90 bits per heavy atom. The van der Waals surface area contributed by atoms with Crippen molar-refractivity contribution in [3.63, 3.8) is 0 Å². The molecule has 7 heteroatoms. The maximum atomic E-state index is 12.5. The molecule has 0 unspecified atom stereocenters. The first-order chi connectivity index (χ1) is 9.48. The highest BCUT2D eigenvalue weighted by molar-refractivity contribution is 7.89. The Labute approximate surface area is 124 Å². The van der Waals surface area contributed by atoms with Gasteiger partial charge in [-0.25, -0.2) is 8.42 Å². The molecule has 20 heavy (non-hydrogen) atoms. The van der Waals surface area contributed by atoms with Gasteiger partial charge in [0.2, 0.25) is 10.0 Å². The summed E-state index contributed by atoms with van der Waals surface area (Å²) in [6.07, 6.45) is 0. The number of rotatable bonds is 4. The molecule has 0 bridgehead atoms. The maximum Gasteiger partial charge on any atom is 0.243 e. The molecule has 0 spiro atoms. The Hall–Kier alpha value is -0.660. The molecular weight excluding hydrogens is 300 g/mol. The second-order valence-electron chi connectivity index (χ2n) is 4.75. The summed E-state index contributed by atoms with van der Waals surface area (Å²) in [4.78, 5) is 2.40. The fourth-order valence-corrected chi connectivity index (χ4v) is 4.01. The molecule has 0 atom stereocenters. The van der Waals surface area contributed by atoms with Crippen molar-refractivity contribution >= 4 is 21.6 Å². The second kappa shape index (κ2) is 6.41. The Morgan fingerprint density at radius 3 is 2.40 bits per heavy atom. The number of aliphatic hydroxyl groups is 1. The van der Waals surface area contributed by atoms with Crippen molar-refractivity contribution < 1.29 is 13.5 Å². The molecule has 1 saturated heterocycles. The van der Waals surface area contributed by atoms with Crippen molar-refractivity contribution in [2.24, 2.45) is 0 Å². The molecular formula is C13H19ClN2O3S. The highest BCUT2D eigenvalue weighted by Gasteiger charge is 2.28. The topological polar surface area (TPSA) is 60.9 Å². The summed E-state index contributed by atoms with van der Waals surface area (Å²) in [6.45, 7) is 5.29. The Kier molecular flexibility index (Phi) is 5.04. The van der Waals surface area contributed by atoms with E-state index in [1.54, 1.807) is 6.07 Å². The molecule has 1 aliphatic rings. The lowest BCUT2D eigenvalue weighted by atomic mass is 10.2. The van der Waals surface area contributed by atoms with Crippen molar-refractivity contribution in [3.05, 3.63) is 28.8 Å². The van der Waals surface area contributed by atoms with Crippen molar-refractivity contribution in [2.75, 3.05) is 32.7 Å². The number of benzene rings is 1. The van der Waals surface area contributed by atoms with Gasteiger partial charge in [-0.05, 0) is 24.2 Å². The first kappa shape index (κ1) is 15.7. The van der Waals surface area contributed by atoms with Crippen LogP contribution in [-0.4, -0.2) is 55.5 Å². The summed E-state index contributed by atoms with van der Waals surface area (Å²) < 4.78 is 26.5. The molecule has 0 aromatic heterocycles. The molecule has 5 nitrogen and oxygen atoms in total. The average molecular weight is 319 g/mol.